The Morgan fingerprint density at radius 3 is 2.62 bits per heavy atom. The Bertz CT molecular complexity index is 1550. The Morgan fingerprint density at radius 2 is 1.75 bits per heavy atom. The Labute approximate surface area is 185 Å². The summed E-state index contributed by atoms with van der Waals surface area (Å²) in [7, 11) is 0. The fourth-order valence-electron chi connectivity index (χ4n) is 3.54. The van der Waals surface area contributed by atoms with Gasteiger partial charge in [-0.05, 0) is 23.6 Å². The number of nitrogens with zero attached hydrogens (tertiary/aromatic N) is 2. The molecule has 0 aliphatic heterocycles. The molecule has 0 saturated heterocycles. The molecular weight excluding hydrogens is 426 g/mol. The number of benzene rings is 3. The number of nitrogens with one attached hydrogen (secondary N) is 3. The van der Waals surface area contributed by atoms with Crippen LogP contribution in [0.1, 0.15) is 0 Å². The van der Waals surface area contributed by atoms with E-state index in [-0.39, 0.29) is 17.5 Å². The predicted molar refractivity (Wildman–Crippen MR) is 126 cm³/mol. The fraction of sp³-hybridized carbons (Fsp3) is 0.0435. The lowest BCUT2D eigenvalue weighted by Gasteiger charge is -2.15. The summed E-state index contributed by atoms with van der Waals surface area (Å²) in [5.74, 6) is -0.212. The molecule has 3 aromatic carbocycles. The molecule has 1 amide bonds. The van der Waals surface area contributed by atoms with Crippen LogP contribution in [-0.2, 0) is 4.79 Å². The lowest BCUT2D eigenvalue weighted by molar-refractivity contribution is -0.113. The van der Waals surface area contributed by atoms with Gasteiger partial charge in [0.2, 0.25) is 5.91 Å². The van der Waals surface area contributed by atoms with Gasteiger partial charge in [-0.25, -0.2) is 14.3 Å². The van der Waals surface area contributed by atoms with E-state index in [0.717, 1.165) is 21.8 Å². The third-order valence-electron chi connectivity index (χ3n) is 4.92. The maximum absolute atomic E-state index is 12.7. The minimum atomic E-state index is -0.630. The molecule has 8 nitrogen and oxygen atoms in total. The van der Waals surface area contributed by atoms with E-state index >= 15 is 0 Å². The van der Waals surface area contributed by atoms with Crippen LogP contribution in [-0.4, -0.2) is 31.2 Å². The summed E-state index contributed by atoms with van der Waals surface area (Å²) in [4.78, 5) is 47.2. The lowest BCUT2D eigenvalue weighted by Crippen LogP contribution is -2.32. The first-order valence-electron chi connectivity index (χ1n) is 9.80. The molecule has 158 valence electrons. The molecule has 0 aliphatic carbocycles. The third kappa shape index (κ3) is 3.81. The van der Waals surface area contributed by atoms with Gasteiger partial charge in [0.1, 0.15) is 5.82 Å². The minimum absolute atomic E-state index is 0.0519. The lowest BCUT2D eigenvalue weighted by atomic mass is 10.1. The number of aromatic amines is 2. The van der Waals surface area contributed by atoms with E-state index in [1.807, 2.05) is 60.7 Å². The molecule has 9 heteroatoms. The molecule has 0 atom stereocenters. The molecule has 2 heterocycles. The maximum atomic E-state index is 12.7. The first-order chi connectivity index (χ1) is 15.6. The normalized spacial score (nSPS) is 11.1. The number of H-pyrrole nitrogens is 2. The van der Waals surface area contributed by atoms with Crippen molar-refractivity contribution < 1.29 is 4.79 Å². The number of carbonyl (C=O) groups excluding carboxylic acids is 1. The number of imidazole rings is 1. The fourth-order valence-corrected chi connectivity index (χ4v) is 4.23. The maximum Gasteiger partial charge on any atom is 0.334 e. The van der Waals surface area contributed by atoms with E-state index in [2.05, 4.69) is 20.3 Å². The van der Waals surface area contributed by atoms with Crippen LogP contribution in [0.5, 0.6) is 0 Å². The average Bonchev–Trinajstić information content (AvgIpc) is 3.20. The van der Waals surface area contributed by atoms with Crippen LogP contribution in [0, 0.1) is 0 Å². The van der Waals surface area contributed by atoms with Crippen LogP contribution >= 0.6 is 11.8 Å². The summed E-state index contributed by atoms with van der Waals surface area (Å²) in [6.45, 7) is 0. The highest BCUT2D eigenvalue weighted by molar-refractivity contribution is 7.99. The van der Waals surface area contributed by atoms with Crippen LogP contribution in [0.15, 0.2) is 87.5 Å². The van der Waals surface area contributed by atoms with Gasteiger partial charge in [-0.2, -0.15) is 0 Å². The Balaban J connectivity index is 1.45. The van der Waals surface area contributed by atoms with Crippen LogP contribution in [0.25, 0.3) is 27.5 Å². The Morgan fingerprint density at radius 1 is 0.969 bits per heavy atom. The van der Waals surface area contributed by atoms with Gasteiger partial charge in [0.25, 0.3) is 5.56 Å². The van der Waals surface area contributed by atoms with Gasteiger partial charge in [0.15, 0.2) is 5.16 Å². The first kappa shape index (κ1) is 19.8. The minimum Gasteiger partial charge on any atom is -0.333 e. The molecule has 3 N–H and O–H groups in total. The standard InChI is InChI=1S/C23H17N5O3S/c29-20-12-19(26-21(30)13-32-22-24-16-9-3-4-10-17(16)25-22)28(23(31)27-20)18-11-5-7-14-6-1-2-8-15(14)18/h1-12H,13H2,(H,24,25)(H,26,30)(H,27,29,31). The molecule has 0 fully saturated rings. The number of rotatable bonds is 5. The zero-order valence-corrected chi connectivity index (χ0v) is 17.5. The third-order valence-corrected chi connectivity index (χ3v) is 5.80. The van der Waals surface area contributed by atoms with Crippen molar-refractivity contribution in [2.24, 2.45) is 0 Å². The number of anilines is 1. The van der Waals surface area contributed by atoms with E-state index in [4.69, 9.17) is 0 Å². The number of amides is 1. The highest BCUT2D eigenvalue weighted by Gasteiger charge is 2.14. The number of carbonyl (C=O) groups is 1. The molecule has 5 aromatic rings. The van der Waals surface area contributed by atoms with Crippen LogP contribution < -0.4 is 16.6 Å². The number of aromatic nitrogens is 4. The Kier molecular flexibility index (Phi) is 5.08. The van der Waals surface area contributed by atoms with Gasteiger partial charge >= 0.3 is 5.69 Å². The number of hydrogen-bond acceptors (Lipinski definition) is 5. The van der Waals surface area contributed by atoms with E-state index in [1.165, 1.54) is 22.4 Å². The quantitative estimate of drug-likeness (QED) is 0.361. The molecular formula is C23H17N5O3S. The molecule has 0 aliphatic rings. The van der Waals surface area contributed by atoms with Crippen molar-refractivity contribution in [3.63, 3.8) is 0 Å². The van der Waals surface area contributed by atoms with Gasteiger partial charge in [-0.15, -0.1) is 0 Å². The molecule has 5 rings (SSSR count). The first-order valence-corrected chi connectivity index (χ1v) is 10.8. The number of thioether (sulfide) groups is 1. The molecule has 0 radical (unpaired) electrons. The zero-order chi connectivity index (χ0) is 22.1. The summed E-state index contributed by atoms with van der Waals surface area (Å²) in [5, 5.41) is 5.06. The van der Waals surface area contributed by atoms with Crippen molar-refractivity contribution in [3.8, 4) is 5.69 Å². The van der Waals surface area contributed by atoms with Crippen molar-refractivity contribution in [1.29, 1.82) is 0 Å². The highest BCUT2D eigenvalue weighted by Crippen LogP contribution is 2.24. The van der Waals surface area contributed by atoms with Gasteiger partial charge in [0.05, 0.1) is 22.5 Å². The Hall–Kier alpha value is -4.11. The molecule has 0 saturated carbocycles. The van der Waals surface area contributed by atoms with E-state index in [1.54, 1.807) is 6.07 Å². The van der Waals surface area contributed by atoms with Crippen LogP contribution in [0.3, 0.4) is 0 Å². The van der Waals surface area contributed by atoms with Gasteiger partial charge in [-0.1, -0.05) is 60.3 Å². The summed E-state index contributed by atoms with van der Waals surface area (Å²) in [5.41, 5.74) is 1.04. The molecule has 0 unspecified atom stereocenters. The van der Waals surface area contributed by atoms with Crippen molar-refractivity contribution >= 4 is 45.3 Å². The second-order valence-corrected chi connectivity index (χ2v) is 8.02. The summed E-state index contributed by atoms with van der Waals surface area (Å²) in [6, 6.07) is 21.9. The van der Waals surface area contributed by atoms with E-state index in [0.29, 0.717) is 10.8 Å². The monoisotopic (exact) mass is 443 g/mol. The summed E-state index contributed by atoms with van der Waals surface area (Å²) < 4.78 is 1.30. The summed E-state index contributed by atoms with van der Waals surface area (Å²) >= 11 is 1.23. The van der Waals surface area contributed by atoms with Crippen molar-refractivity contribution in [2.45, 2.75) is 5.16 Å². The largest absolute Gasteiger partial charge is 0.334 e. The van der Waals surface area contributed by atoms with E-state index in [9.17, 15) is 14.4 Å². The summed E-state index contributed by atoms with van der Waals surface area (Å²) in [6.07, 6.45) is 0. The van der Waals surface area contributed by atoms with Gasteiger partial charge in [0, 0.05) is 11.5 Å². The van der Waals surface area contributed by atoms with E-state index < -0.39 is 11.2 Å². The predicted octanol–water partition coefficient (Wildman–Crippen LogP) is 3.29. The molecule has 0 spiro atoms. The number of fused-ring (bicyclic) bond motifs is 2. The molecule has 0 bridgehead atoms. The number of hydrogen-bond donors (Lipinski definition) is 3. The zero-order valence-electron chi connectivity index (χ0n) is 16.7. The topological polar surface area (TPSA) is 113 Å². The van der Waals surface area contributed by atoms with Crippen molar-refractivity contribution in [3.05, 3.63) is 93.6 Å². The van der Waals surface area contributed by atoms with Crippen molar-refractivity contribution in [2.75, 3.05) is 11.1 Å². The van der Waals surface area contributed by atoms with Crippen LogP contribution in [0.2, 0.25) is 0 Å². The average molecular weight is 443 g/mol. The van der Waals surface area contributed by atoms with Crippen molar-refractivity contribution in [1.82, 2.24) is 19.5 Å². The smallest absolute Gasteiger partial charge is 0.333 e. The SMILES string of the molecule is O=C(CSc1nc2ccccc2[nH]1)Nc1cc(=O)[nH]c(=O)n1-c1cccc2ccccc12. The molecule has 2 aromatic heterocycles. The number of para-hydroxylation sites is 2. The van der Waals surface area contributed by atoms with Crippen LogP contribution in [0.4, 0.5) is 5.82 Å². The second-order valence-electron chi connectivity index (χ2n) is 7.05. The molecule has 32 heavy (non-hydrogen) atoms. The van der Waals surface area contributed by atoms with Gasteiger partial charge in [-0.3, -0.25) is 14.6 Å². The van der Waals surface area contributed by atoms with Gasteiger partial charge < -0.3 is 10.3 Å². The second kappa shape index (κ2) is 8.20. The highest BCUT2D eigenvalue weighted by atomic mass is 32.2.